The lowest BCUT2D eigenvalue weighted by Gasteiger charge is -2.26. The van der Waals surface area contributed by atoms with Crippen LogP contribution in [0, 0.1) is 0 Å². The molecule has 0 spiro atoms. The number of nitrogens with zero attached hydrogens (tertiary/aromatic N) is 4. The third-order valence-corrected chi connectivity index (χ3v) is 6.58. The molecule has 3 aromatic rings. The van der Waals surface area contributed by atoms with E-state index in [0.717, 1.165) is 61.5 Å². The first-order valence-corrected chi connectivity index (χ1v) is 10.4. The van der Waals surface area contributed by atoms with Gasteiger partial charge in [-0.15, -0.1) is 11.3 Å². The van der Waals surface area contributed by atoms with Crippen LogP contribution in [-0.2, 0) is 30.7 Å². The molecule has 0 radical (unpaired) electrons. The molecule has 6 nitrogen and oxygen atoms in total. The summed E-state index contributed by atoms with van der Waals surface area (Å²) < 4.78 is 11.0. The van der Waals surface area contributed by atoms with Gasteiger partial charge in [0.2, 0.25) is 0 Å². The first-order valence-electron chi connectivity index (χ1n) is 9.63. The van der Waals surface area contributed by atoms with Crippen molar-refractivity contribution in [3.63, 3.8) is 0 Å². The van der Waals surface area contributed by atoms with Gasteiger partial charge in [-0.1, -0.05) is 0 Å². The second-order valence-corrected chi connectivity index (χ2v) is 8.41. The monoisotopic (exact) mass is 384 g/mol. The summed E-state index contributed by atoms with van der Waals surface area (Å²) in [5.74, 6) is 2.90. The fourth-order valence-corrected chi connectivity index (χ4v) is 5.31. The highest BCUT2D eigenvalue weighted by Crippen LogP contribution is 2.40. The van der Waals surface area contributed by atoms with E-state index in [-0.39, 0.29) is 0 Å². The number of ether oxygens (including phenoxy) is 1. The SMILES string of the molecule is CN(Cc1ccco1)c1nc(CN2CCOCC2)nc2sc3c(c12)CCC3. The lowest BCUT2D eigenvalue weighted by molar-refractivity contribution is 0.0331. The average Bonchev–Trinajstić information content (AvgIpc) is 3.39. The second kappa shape index (κ2) is 7.22. The molecule has 0 bridgehead atoms. The van der Waals surface area contributed by atoms with Crippen LogP contribution in [0.25, 0.3) is 10.2 Å². The molecule has 0 aromatic carbocycles. The lowest BCUT2D eigenvalue weighted by Crippen LogP contribution is -2.36. The molecule has 1 fully saturated rings. The molecule has 0 unspecified atom stereocenters. The molecule has 27 heavy (non-hydrogen) atoms. The molecule has 0 amide bonds. The zero-order valence-corrected chi connectivity index (χ0v) is 16.4. The maximum Gasteiger partial charge on any atom is 0.146 e. The quantitative estimate of drug-likeness (QED) is 0.673. The van der Waals surface area contributed by atoms with Crippen molar-refractivity contribution in [3.8, 4) is 0 Å². The molecule has 4 heterocycles. The Balaban J connectivity index is 1.53. The van der Waals surface area contributed by atoms with Gasteiger partial charge in [-0.25, -0.2) is 9.97 Å². The Morgan fingerprint density at radius 3 is 2.93 bits per heavy atom. The molecular formula is C20H24N4O2S. The average molecular weight is 385 g/mol. The van der Waals surface area contributed by atoms with Crippen molar-refractivity contribution >= 4 is 27.4 Å². The van der Waals surface area contributed by atoms with E-state index in [1.54, 1.807) is 6.26 Å². The Morgan fingerprint density at radius 1 is 1.22 bits per heavy atom. The van der Waals surface area contributed by atoms with Gasteiger partial charge in [-0.2, -0.15) is 0 Å². The first kappa shape index (κ1) is 17.2. The standard InChI is InChI=1S/C20H24N4O2S/c1-23(12-14-4-3-9-26-14)19-18-15-5-2-6-16(15)27-20(18)22-17(21-19)13-24-7-10-25-11-8-24/h3-4,9H,2,5-8,10-13H2,1H3. The van der Waals surface area contributed by atoms with E-state index in [1.807, 2.05) is 23.5 Å². The largest absolute Gasteiger partial charge is 0.467 e. The summed E-state index contributed by atoms with van der Waals surface area (Å²) in [6.07, 6.45) is 5.29. The van der Waals surface area contributed by atoms with E-state index < -0.39 is 0 Å². The lowest BCUT2D eigenvalue weighted by atomic mass is 10.2. The number of fused-ring (bicyclic) bond motifs is 3. The van der Waals surface area contributed by atoms with Gasteiger partial charge in [0.1, 0.15) is 22.2 Å². The van der Waals surface area contributed by atoms with Crippen LogP contribution < -0.4 is 4.90 Å². The van der Waals surface area contributed by atoms with Crippen molar-refractivity contribution in [3.05, 3.63) is 40.4 Å². The Bertz CT molecular complexity index is 931. The minimum atomic E-state index is 0.709. The van der Waals surface area contributed by atoms with Crippen molar-refractivity contribution in [1.29, 1.82) is 0 Å². The van der Waals surface area contributed by atoms with E-state index in [4.69, 9.17) is 19.1 Å². The molecule has 1 saturated heterocycles. The molecule has 0 atom stereocenters. The second-order valence-electron chi connectivity index (χ2n) is 7.32. The smallest absolute Gasteiger partial charge is 0.146 e. The van der Waals surface area contributed by atoms with Crippen LogP contribution in [0.1, 0.15) is 28.4 Å². The maximum absolute atomic E-state index is 5.56. The van der Waals surface area contributed by atoms with Crippen molar-refractivity contribution in [2.75, 3.05) is 38.3 Å². The highest BCUT2D eigenvalue weighted by molar-refractivity contribution is 7.19. The highest BCUT2D eigenvalue weighted by atomic mass is 32.1. The third kappa shape index (κ3) is 3.35. The summed E-state index contributed by atoms with van der Waals surface area (Å²) in [4.78, 5) is 17.2. The molecule has 142 valence electrons. The topological polar surface area (TPSA) is 54.6 Å². The number of rotatable bonds is 5. The summed E-state index contributed by atoms with van der Waals surface area (Å²) in [5, 5.41) is 1.26. The first-order chi connectivity index (χ1) is 13.3. The summed E-state index contributed by atoms with van der Waals surface area (Å²) in [7, 11) is 2.10. The molecule has 0 saturated carbocycles. The van der Waals surface area contributed by atoms with E-state index in [1.165, 1.54) is 28.7 Å². The van der Waals surface area contributed by atoms with Gasteiger partial charge in [0, 0.05) is 25.0 Å². The molecule has 0 N–H and O–H groups in total. The van der Waals surface area contributed by atoms with Crippen molar-refractivity contribution in [2.45, 2.75) is 32.4 Å². The van der Waals surface area contributed by atoms with Gasteiger partial charge in [0.05, 0.1) is 38.0 Å². The number of aryl methyl sites for hydroxylation is 2. The molecule has 5 rings (SSSR count). The Kier molecular flexibility index (Phi) is 4.59. The number of aromatic nitrogens is 2. The van der Waals surface area contributed by atoms with E-state index in [9.17, 15) is 0 Å². The van der Waals surface area contributed by atoms with Crippen LogP contribution in [0.15, 0.2) is 22.8 Å². The Labute approximate surface area is 162 Å². The van der Waals surface area contributed by atoms with Crippen LogP contribution in [0.3, 0.4) is 0 Å². The van der Waals surface area contributed by atoms with Crippen LogP contribution in [-0.4, -0.2) is 48.2 Å². The molecule has 1 aliphatic carbocycles. The van der Waals surface area contributed by atoms with Crippen molar-refractivity contribution in [2.24, 2.45) is 0 Å². The summed E-state index contributed by atoms with van der Waals surface area (Å²) in [6, 6.07) is 3.95. The summed E-state index contributed by atoms with van der Waals surface area (Å²) in [5.41, 5.74) is 1.47. The van der Waals surface area contributed by atoms with E-state index in [2.05, 4.69) is 16.8 Å². The van der Waals surface area contributed by atoms with E-state index >= 15 is 0 Å². The van der Waals surface area contributed by atoms with E-state index in [0.29, 0.717) is 6.54 Å². The van der Waals surface area contributed by atoms with Gasteiger partial charge in [-0.05, 0) is 37.0 Å². The van der Waals surface area contributed by atoms with Crippen LogP contribution in [0.2, 0.25) is 0 Å². The molecular weight excluding hydrogens is 360 g/mol. The Morgan fingerprint density at radius 2 is 2.11 bits per heavy atom. The number of hydrogen-bond donors (Lipinski definition) is 0. The van der Waals surface area contributed by atoms with Crippen molar-refractivity contribution in [1.82, 2.24) is 14.9 Å². The predicted octanol–water partition coefficient (Wildman–Crippen LogP) is 3.24. The normalized spacial score (nSPS) is 17.5. The van der Waals surface area contributed by atoms with Crippen molar-refractivity contribution < 1.29 is 9.15 Å². The highest BCUT2D eigenvalue weighted by Gasteiger charge is 2.25. The number of morpholine rings is 1. The fraction of sp³-hybridized carbons (Fsp3) is 0.500. The molecule has 3 aromatic heterocycles. The number of thiophene rings is 1. The fourth-order valence-electron chi connectivity index (χ4n) is 4.04. The predicted molar refractivity (Wildman–Crippen MR) is 106 cm³/mol. The van der Waals surface area contributed by atoms with Gasteiger partial charge in [0.15, 0.2) is 0 Å². The zero-order valence-electron chi connectivity index (χ0n) is 15.6. The third-order valence-electron chi connectivity index (χ3n) is 5.40. The van der Waals surface area contributed by atoms with Gasteiger partial charge in [-0.3, -0.25) is 4.90 Å². The number of anilines is 1. The molecule has 1 aliphatic heterocycles. The summed E-state index contributed by atoms with van der Waals surface area (Å²) in [6.45, 7) is 4.96. The van der Waals surface area contributed by atoms with Crippen LogP contribution in [0.5, 0.6) is 0 Å². The molecule has 2 aliphatic rings. The minimum absolute atomic E-state index is 0.709. The molecule has 7 heteroatoms. The van der Waals surface area contributed by atoms with Gasteiger partial charge < -0.3 is 14.1 Å². The van der Waals surface area contributed by atoms with Gasteiger partial charge >= 0.3 is 0 Å². The van der Waals surface area contributed by atoms with Crippen LogP contribution in [0.4, 0.5) is 5.82 Å². The number of furan rings is 1. The number of hydrogen-bond acceptors (Lipinski definition) is 7. The zero-order chi connectivity index (χ0) is 18.2. The maximum atomic E-state index is 5.56. The van der Waals surface area contributed by atoms with Gasteiger partial charge in [0.25, 0.3) is 0 Å². The van der Waals surface area contributed by atoms with Crippen LogP contribution >= 0.6 is 11.3 Å². The summed E-state index contributed by atoms with van der Waals surface area (Å²) >= 11 is 1.86. The minimum Gasteiger partial charge on any atom is -0.467 e. The Hall–Kier alpha value is -1.96.